The van der Waals surface area contributed by atoms with Crippen LogP contribution in [-0.4, -0.2) is 114 Å². The molecule has 5 heterocycles. The van der Waals surface area contributed by atoms with Crippen LogP contribution in [0.3, 0.4) is 0 Å². The van der Waals surface area contributed by atoms with Gasteiger partial charge < -0.3 is 25.0 Å². The van der Waals surface area contributed by atoms with E-state index < -0.39 is 47.1 Å². The van der Waals surface area contributed by atoms with Crippen molar-refractivity contribution in [3.63, 3.8) is 0 Å². The van der Waals surface area contributed by atoms with Crippen LogP contribution in [0.25, 0.3) is 11.0 Å². The van der Waals surface area contributed by atoms with Gasteiger partial charge in [0.05, 0.1) is 34.7 Å². The summed E-state index contributed by atoms with van der Waals surface area (Å²) in [6.45, 7) is 5.28. The summed E-state index contributed by atoms with van der Waals surface area (Å²) in [5.41, 5.74) is 2.83. The number of carbonyl (C=O) groups excluding carboxylic acids is 1. The summed E-state index contributed by atoms with van der Waals surface area (Å²) in [6, 6.07) is 18.4. The van der Waals surface area contributed by atoms with Gasteiger partial charge in [0.2, 0.25) is 15.8 Å². The molecule has 0 unspecified atom stereocenters. The van der Waals surface area contributed by atoms with E-state index in [1.165, 1.54) is 42.5 Å². The molecule has 3 aliphatic carbocycles. The number of benzene rings is 2. The van der Waals surface area contributed by atoms with Gasteiger partial charge in [-0.2, -0.15) is 4.31 Å². The third-order valence-electron chi connectivity index (χ3n) is 15.4. The van der Waals surface area contributed by atoms with Crippen LogP contribution in [0.15, 0.2) is 84.1 Å². The molecule has 20 heteroatoms. The van der Waals surface area contributed by atoms with Crippen LogP contribution < -0.4 is 19.7 Å². The van der Waals surface area contributed by atoms with Crippen molar-refractivity contribution >= 4 is 54.2 Å². The molecule has 2 saturated heterocycles. The third kappa shape index (κ3) is 10.0. The number of piperazine rings is 1. The zero-order valence-corrected chi connectivity index (χ0v) is 40.5. The number of ether oxygens (including phenoxy) is 1. The zero-order valence-electron chi connectivity index (χ0n) is 38.8. The topological polar surface area (TPSA) is 233 Å². The summed E-state index contributed by atoms with van der Waals surface area (Å²) in [6.07, 6.45) is 14.5. The Hall–Kier alpha value is -5.67. The van der Waals surface area contributed by atoms with Crippen LogP contribution >= 0.6 is 0 Å². The smallest absolute Gasteiger partial charge is 0.312 e. The van der Waals surface area contributed by atoms with E-state index in [-0.39, 0.29) is 34.5 Å². The number of amides is 1. The van der Waals surface area contributed by atoms with Crippen LogP contribution in [0.5, 0.6) is 11.5 Å². The number of aliphatic hydroxyl groups is 1. The second kappa shape index (κ2) is 18.3. The van der Waals surface area contributed by atoms with Gasteiger partial charge in [0.15, 0.2) is 0 Å². The first-order chi connectivity index (χ1) is 32.9. The number of H-pyrrole nitrogens is 1. The fourth-order valence-corrected chi connectivity index (χ4v) is 12.9. The number of rotatable bonds is 14. The lowest BCUT2D eigenvalue weighted by molar-refractivity contribution is -0.384. The summed E-state index contributed by atoms with van der Waals surface area (Å²) in [4.78, 5) is 41.3. The lowest BCUT2D eigenvalue weighted by Gasteiger charge is -2.58. The van der Waals surface area contributed by atoms with Crippen molar-refractivity contribution in [2.24, 2.45) is 11.3 Å². The molecule has 1 atom stereocenters. The molecule has 18 nitrogen and oxygen atoms in total. The third-order valence-corrected chi connectivity index (χ3v) is 17.9. The summed E-state index contributed by atoms with van der Waals surface area (Å²) < 4.78 is 63.1. The fourth-order valence-electron chi connectivity index (χ4n) is 11.1. The monoisotopic (exact) mass is 981 g/mol. The number of piperidine rings is 1. The molecule has 3 aromatic heterocycles. The Labute approximate surface area is 402 Å². The van der Waals surface area contributed by atoms with Gasteiger partial charge in [-0.25, -0.2) is 31.5 Å². The molecular formula is C49H59N9O9S2. The first-order valence-corrected chi connectivity index (χ1v) is 27.2. The van der Waals surface area contributed by atoms with Gasteiger partial charge >= 0.3 is 5.69 Å². The average molecular weight is 982 g/mol. The van der Waals surface area contributed by atoms with E-state index in [1.807, 2.05) is 6.07 Å². The summed E-state index contributed by atoms with van der Waals surface area (Å²) in [5, 5.41) is 26.2. The molecule has 2 aliphatic heterocycles. The summed E-state index contributed by atoms with van der Waals surface area (Å²) in [5.74, 6) is 0.0267. The number of nitrogens with one attached hydrogen (secondary N) is 3. The molecule has 2 aromatic carbocycles. The first-order valence-electron chi connectivity index (χ1n) is 23.9. The van der Waals surface area contributed by atoms with E-state index in [4.69, 9.17) is 4.74 Å². The number of nitrogens with zero attached hydrogens (tertiary/aromatic N) is 6. The number of pyridine rings is 2. The van der Waals surface area contributed by atoms with Crippen molar-refractivity contribution in [1.82, 2.24) is 28.9 Å². The molecule has 5 aliphatic rings. The Balaban J connectivity index is 0.840. The van der Waals surface area contributed by atoms with Crippen LogP contribution in [0, 0.1) is 21.4 Å². The molecule has 1 amide bonds. The SMILES string of the molecule is CC1(O)CCC(CNc2ncc(S(=O)(=O)NC(=O)c3ccc(N4CCC5(CC4)CC(N4CCN(S(C)(=O)=O)C[C@H]4c4ccccc4C4CC4)C5)cc3Oc3cnc4[nH]ccc4c3)cc2[N+](=O)[O-])CC1. The second-order valence-electron chi connectivity index (χ2n) is 20.2. The van der Waals surface area contributed by atoms with Gasteiger partial charge in [-0.1, -0.05) is 24.3 Å². The van der Waals surface area contributed by atoms with Crippen LogP contribution in [-0.2, 0) is 20.0 Å². The summed E-state index contributed by atoms with van der Waals surface area (Å²) in [7, 11) is -8.00. The Morgan fingerprint density at radius 3 is 2.38 bits per heavy atom. The second-order valence-corrected chi connectivity index (χ2v) is 23.9. The number of aromatic amines is 1. The van der Waals surface area contributed by atoms with Gasteiger partial charge in [-0.05, 0) is 124 Å². The fraction of sp³-hybridized carbons (Fsp3) is 0.490. The van der Waals surface area contributed by atoms with Gasteiger partial charge in [-0.3, -0.25) is 19.8 Å². The van der Waals surface area contributed by atoms with E-state index in [0.717, 1.165) is 75.0 Å². The van der Waals surface area contributed by atoms with Gasteiger partial charge in [0.1, 0.15) is 22.0 Å². The molecule has 0 bridgehead atoms. The summed E-state index contributed by atoms with van der Waals surface area (Å²) >= 11 is 0. The number of fused-ring (bicyclic) bond motifs is 1. The quantitative estimate of drug-likeness (QED) is 0.0644. The van der Waals surface area contributed by atoms with E-state index in [9.17, 15) is 36.9 Å². The number of hydrogen-bond acceptors (Lipinski definition) is 14. The predicted molar refractivity (Wildman–Crippen MR) is 260 cm³/mol. The van der Waals surface area contributed by atoms with Gasteiger partial charge in [0, 0.05) is 80.8 Å². The molecule has 4 N–H and O–H groups in total. The number of sulfonamides is 2. The van der Waals surface area contributed by atoms with E-state index in [0.29, 0.717) is 62.4 Å². The number of nitro groups is 1. The molecule has 3 saturated carbocycles. The first kappa shape index (κ1) is 47.0. The highest BCUT2D eigenvalue weighted by Gasteiger charge is 2.51. The minimum absolute atomic E-state index is 0.000581. The highest BCUT2D eigenvalue weighted by molar-refractivity contribution is 7.90. The van der Waals surface area contributed by atoms with Crippen molar-refractivity contribution in [3.05, 3.63) is 106 Å². The molecule has 0 radical (unpaired) electrons. The minimum Gasteiger partial charge on any atom is -0.455 e. The molecule has 5 aromatic rings. The number of carbonyl (C=O) groups is 1. The van der Waals surface area contributed by atoms with E-state index in [1.54, 1.807) is 35.6 Å². The van der Waals surface area contributed by atoms with Crippen LogP contribution in [0.2, 0.25) is 0 Å². The van der Waals surface area contributed by atoms with Crippen molar-refractivity contribution in [1.29, 1.82) is 0 Å². The molecule has 366 valence electrons. The Kier molecular flexibility index (Phi) is 12.4. The van der Waals surface area contributed by atoms with Crippen molar-refractivity contribution in [2.45, 2.75) is 99.6 Å². The zero-order chi connectivity index (χ0) is 48.3. The average Bonchev–Trinajstić information content (AvgIpc) is 4.06. The van der Waals surface area contributed by atoms with Crippen molar-refractivity contribution in [3.8, 4) is 11.5 Å². The maximum atomic E-state index is 14.0. The highest BCUT2D eigenvalue weighted by Crippen LogP contribution is 2.54. The van der Waals surface area contributed by atoms with Gasteiger partial charge in [0.25, 0.3) is 15.9 Å². The van der Waals surface area contributed by atoms with Crippen molar-refractivity contribution in [2.75, 3.05) is 55.7 Å². The normalized spacial score (nSPS) is 23.7. The lowest BCUT2D eigenvalue weighted by Crippen LogP contribution is -2.60. The molecule has 10 rings (SSSR count). The van der Waals surface area contributed by atoms with E-state index in [2.05, 4.69) is 59.1 Å². The maximum Gasteiger partial charge on any atom is 0.312 e. The van der Waals surface area contributed by atoms with Gasteiger partial charge in [-0.15, -0.1) is 0 Å². The Morgan fingerprint density at radius 2 is 1.67 bits per heavy atom. The van der Waals surface area contributed by atoms with Crippen molar-refractivity contribution < 1.29 is 36.4 Å². The number of hydrogen-bond donors (Lipinski definition) is 4. The Bertz CT molecular complexity index is 2990. The molecule has 69 heavy (non-hydrogen) atoms. The molecular weight excluding hydrogens is 923 g/mol. The van der Waals surface area contributed by atoms with Crippen LogP contribution in [0.1, 0.15) is 105 Å². The lowest BCUT2D eigenvalue weighted by atomic mass is 9.59. The number of aromatic nitrogens is 3. The minimum atomic E-state index is -4.66. The standard InChI is InChI=1S/C49H59N9O9S2/c1-48(60)14-11-32(12-15-48)28-51-46-42(58(61)62)25-38(30-53-46)69(65,66)54-47(59)41-10-9-35(24-44(41)67-37-23-34-13-18-50-45(34)52-29-37)55-19-16-49(17-20-55)26-36(27-49)57-22-21-56(68(2,63)64)31-43(57)40-6-4-3-5-39(40)33-7-8-33/h3-6,9-10,13,18,23-25,29-30,32-33,36,43,60H,7-8,11-12,14-17,19-22,26-28,31H2,1-2H3,(H,50,52)(H,51,53)(H,54,59)/t32?,43-,48?/m0/s1. The Morgan fingerprint density at radius 1 is 0.928 bits per heavy atom. The molecule has 5 fully saturated rings. The number of anilines is 2. The van der Waals surface area contributed by atoms with Crippen LogP contribution in [0.4, 0.5) is 17.2 Å². The maximum absolute atomic E-state index is 14.0. The predicted octanol–water partition coefficient (Wildman–Crippen LogP) is 7.08. The largest absolute Gasteiger partial charge is 0.455 e. The highest BCUT2D eigenvalue weighted by atomic mass is 32.2. The molecule has 1 spiro atoms. The van der Waals surface area contributed by atoms with E-state index >= 15 is 0 Å².